The molecule has 0 saturated heterocycles. The van der Waals surface area contributed by atoms with Gasteiger partial charge in [-0.3, -0.25) is 9.36 Å². The van der Waals surface area contributed by atoms with Crippen LogP contribution in [0.15, 0.2) is 64.2 Å². The van der Waals surface area contributed by atoms with Crippen LogP contribution in [-0.2, 0) is 6.54 Å². The summed E-state index contributed by atoms with van der Waals surface area (Å²) >= 11 is 5.90. The Hall–Kier alpha value is -2.99. The molecule has 2 aromatic carbocycles. The van der Waals surface area contributed by atoms with Crippen LogP contribution in [0.1, 0.15) is 5.56 Å². The van der Waals surface area contributed by atoms with Crippen molar-refractivity contribution in [1.29, 1.82) is 0 Å². The average Bonchev–Trinajstić information content (AvgIpc) is 3.05. The van der Waals surface area contributed by atoms with E-state index in [1.807, 2.05) is 0 Å². The number of fused-ring (bicyclic) bond motifs is 1. The minimum Gasteiger partial charge on any atom is -0.335 e. The Morgan fingerprint density at radius 2 is 1.88 bits per heavy atom. The van der Waals surface area contributed by atoms with Crippen molar-refractivity contribution in [2.75, 3.05) is 0 Å². The minimum absolute atomic E-state index is 0.0691. The fourth-order valence-electron chi connectivity index (χ4n) is 2.61. The van der Waals surface area contributed by atoms with Gasteiger partial charge >= 0.3 is 0 Å². The van der Waals surface area contributed by atoms with Crippen molar-refractivity contribution in [3.63, 3.8) is 0 Å². The summed E-state index contributed by atoms with van der Waals surface area (Å²) in [6, 6.07) is 13.2. The first-order valence-electron chi connectivity index (χ1n) is 7.47. The van der Waals surface area contributed by atoms with Crippen LogP contribution in [0.25, 0.3) is 22.4 Å². The molecule has 0 saturated carbocycles. The molecule has 0 radical (unpaired) electrons. The van der Waals surface area contributed by atoms with Crippen LogP contribution in [0.4, 0.5) is 4.39 Å². The molecule has 7 heteroatoms. The zero-order valence-corrected chi connectivity index (χ0v) is 13.6. The number of nitrogens with zero attached hydrogens (tertiary/aromatic N) is 3. The van der Waals surface area contributed by atoms with E-state index in [0.717, 1.165) is 0 Å². The van der Waals surface area contributed by atoms with Crippen LogP contribution in [0.2, 0.25) is 5.02 Å². The highest BCUT2D eigenvalue weighted by atomic mass is 35.5. The average molecular weight is 356 g/mol. The van der Waals surface area contributed by atoms with Gasteiger partial charge in [-0.1, -0.05) is 47.1 Å². The molecule has 0 unspecified atom stereocenters. The second kappa shape index (κ2) is 6.14. The predicted molar refractivity (Wildman–Crippen MR) is 92.0 cm³/mol. The van der Waals surface area contributed by atoms with Crippen molar-refractivity contribution in [1.82, 2.24) is 14.7 Å². The number of rotatable bonds is 3. The predicted octanol–water partition coefficient (Wildman–Crippen LogP) is 3.89. The van der Waals surface area contributed by atoms with E-state index >= 15 is 0 Å². The van der Waals surface area contributed by atoms with Crippen LogP contribution in [0, 0.1) is 5.82 Å². The van der Waals surface area contributed by atoms with Crippen LogP contribution in [-0.4, -0.2) is 14.7 Å². The summed E-state index contributed by atoms with van der Waals surface area (Å²) in [4.78, 5) is 17.0. The first-order valence-corrected chi connectivity index (χ1v) is 7.85. The molecule has 124 valence electrons. The van der Waals surface area contributed by atoms with Gasteiger partial charge in [-0.2, -0.15) is 0 Å². The molecule has 0 aliphatic heterocycles. The third-order valence-corrected chi connectivity index (χ3v) is 4.13. The summed E-state index contributed by atoms with van der Waals surface area (Å²) in [7, 11) is 0. The SMILES string of the molecule is O=c1c2c(-c3ccc(Cl)cc3)noc2ncn1Cc1ccccc1F. The zero-order valence-electron chi connectivity index (χ0n) is 12.8. The van der Waals surface area contributed by atoms with Gasteiger partial charge < -0.3 is 4.52 Å². The highest BCUT2D eigenvalue weighted by molar-refractivity contribution is 6.30. The van der Waals surface area contributed by atoms with Crippen LogP contribution >= 0.6 is 11.6 Å². The molecule has 0 aliphatic carbocycles. The van der Waals surface area contributed by atoms with Crippen LogP contribution in [0.5, 0.6) is 0 Å². The van der Waals surface area contributed by atoms with Gasteiger partial charge in [-0.15, -0.1) is 0 Å². The Morgan fingerprint density at radius 1 is 1.12 bits per heavy atom. The Labute approximate surface area is 146 Å². The first-order chi connectivity index (χ1) is 12.1. The van der Waals surface area contributed by atoms with Gasteiger partial charge in [0.15, 0.2) is 0 Å². The van der Waals surface area contributed by atoms with E-state index in [0.29, 0.717) is 21.8 Å². The molecule has 25 heavy (non-hydrogen) atoms. The molecule has 5 nitrogen and oxygen atoms in total. The van der Waals surface area contributed by atoms with Crippen molar-refractivity contribution in [2.45, 2.75) is 6.54 Å². The quantitative estimate of drug-likeness (QED) is 0.559. The zero-order chi connectivity index (χ0) is 17.4. The molecule has 4 aromatic rings. The molecule has 0 N–H and O–H groups in total. The van der Waals surface area contributed by atoms with E-state index in [-0.39, 0.29) is 29.0 Å². The summed E-state index contributed by atoms with van der Waals surface area (Å²) in [6.45, 7) is 0.0691. The van der Waals surface area contributed by atoms with Gasteiger partial charge in [0.25, 0.3) is 11.3 Å². The maximum absolute atomic E-state index is 13.9. The fourth-order valence-corrected chi connectivity index (χ4v) is 2.73. The van der Waals surface area contributed by atoms with E-state index in [4.69, 9.17) is 16.1 Å². The van der Waals surface area contributed by atoms with Gasteiger partial charge in [0.2, 0.25) is 0 Å². The molecular weight excluding hydrogens is 345 g/mol. The summed E-state index contributed by atoms with van der Waals surface area (Å²) in [6.07, 6.45) is 1.33. The largest absolute Gasteiger partial charge is 0.335 e. The van der Waals surface area contributed by atoms with Crippen molar-refractivity contribution in [3.8, 4) is 11.3 Å². The summed E-state index contributed by atoms with van der Waals surface area (Å²) < 4.78 is 20.4. The third-order valence-electron chi connectivity index (χ3n) is 3.88. The highest BCUT2D eigenvalue weighted by Crippen LogP contribution is 2.25. The number of hydrogen-bond donors (Lipinski definition) is 0. The number of halogens is 2. The molecular formula is C18H11ClFN3O2. The van der Waals surface area contributed by atoms with E-state index in [9.17, 15) is 9.18 Å². The third kappa shape index (κ3) is 2.81. The van der Waals surface area contributed by atoms with Gasteiger partial charge in [-0.25, -0.2) is 9.37 Å². The normalized spacial score (nSPS) is 11.1. The van der Waals surface area contributed by atoms with Gasteiger partial charge in [0.1, 0.15) is 23.2 Å². The lowest BCUT2D eigenvalue weighted by Crippen LogP contribution is -2.21. The maximum atomic E-state index is 13.9. The summed E-state index contributed by atoms with van der Waals surface area (Å²) in [5.41, 5.74) is 1.26. The minimum atomic E-state index is -0.377. The van der Waals surface area contributed by atoms with E-state index in [2.05, 4.69) is 10.1 Å². The lowest BCUT2D eigenvalue weighted by atomic mass is 10.1. The second-order valence-corrected chi connectivity index (χ2v) is 5.92. The monoisotopic (exact) mass is 355 g/mol. The smallest absolute Gasteiger partial charge is 0.267 e. The molecule has 0 aliphatic rings. The van der Waals surface area contributed by atoms with Gasteiger partial charge in [-0.05, 0) is 18.2 Å². The fraction of sp³-hybridized carbons (Fsp3) is 0.0556. The van der Waals surface area contributed by atoms with E-state index in [1.165, 1.54) is 17.0 Å². The van der Waals surface area contributed by atoms with Crippen LogP contribution in [0.3, 0.4) is 0 Å². The van der Waals surface area contributed by atoms with Gasteiger partial charge in [0.05, 0.1) is 6.54 Å². The topological polar surface area (TPSA) is 60.9 Å². The number of aromatic nitrogens is 3. The molecule has 0 amide bonds. The van der Waals surface area contributed by atoms with Crippen molar-refractivity contribution in [2.24, 2.45) is 0 Å². The molecule has 0 spiro atoms. The Bertz CT molecular complexity index is 1120. The van der Waals surface area contributed by atoms with Crippen LogP contribution < -0.4 is 5.56 Å². The molecule has 0 atom stereocenters. The maximum Gasteiger partial charge on any atom is 0.267 e. The molecule has 2 aromatic heterocycles. The van der Waals surface area contributed by atoms with E-state index in [1.54, 1.807) is 42.5 Å². The Morgan fingerprint density at radius 3 is 2.64 bits per heavy atom. The summed E-state index contributed by atoms with van der Waals surface area (Å²) in [5.74, 6) is -0.377. The number of hydrogen-bond acceptors (Lipinski definition) is 4. The van der Waals surface area contributed by atoms with Crippen molar-refractivity contribution in [3.05, 3.63) is 81.6 Å². The second-order valence-electron chi connectivity index (χ2n) is 5.49. The first kappa shape index (κ1) is 15.5. The Kier molecular flexibility index (Phi) is 3.82. The van der Waals surface area contributed by atoms with E-state index < -0.39 is 0 Å². The highest BCUT2D eigenvalue weighted by Gasteiger charge is 2.17. The summed E-state index contributed by atoms with van der Waals surface area (Å²) in [5, 5.41) is 4.78. The lowest BCUT2D eigenvalue weighted by molar-refractivity contribution is 0.450. The number of benzene rings is 2. The lowest BCUT2D eigenvalue weighted by Gasteiger charge is -2.06. The van der Waals surface area contributed by atoms with Gasteiger partial charge in [0, 0.05) is 16.1 Å². The van der Waals surface area contributed by atoms with Crippen molar-refractivity contribution >= 4 is 22.7 Å². The Balaban J connectivity index is 1.85. The molecule has 4 rings (SSSR count). The van der Waals surface area contributed by atoms with Crippen molar-refractivity contribution < 1.29 is 8.91 Å². The standard InChI is InChI=1S/C18H11ClFN3O2/c19-13-7-5-11(6-8-13)16-15-17(25-22-16)21-10-23(18(15)24)9-12-3-1-2-4-14(12)20/h1-8,10H,9H2. The molecule has 0 bridgehead atoms. The molecule has 2 heterocycles. The molecule has 0 fully saturated rings.